The summed E-state index contributed by atoms with van der Waals surface area (Å²) >= 11 is 5.97. The molecule has 5 heteroatoms. The van der Waals surface area contributed by atoms with E-state index in [9.17, 15) is 4.79 Å². The van der Waals surface area contributed by atoms with Gasteiger partial charge in [0.2, 0.25) is 0 Å². The topological polar surface area (TPSA) is 45.3 Å². The molecule has 0 unspecified atom stereocenters. The molecule has 0 saturated carbocycles. The lowest BCUT2D eigenvalue weighted by molar-refractivity contribution is 0.0595. The number of hydrogen-bond acceptors (Lipinski definition) is 3. The Hall–Kier alpha value is -1.94. The van der Waals surface area contributed by atoms with Gasteiger partial charge >= 0.3 is 5.97 Å². The Bertz CT molecular complexity index is 658. The molecule has 4 nitrogen and oxygen atoms in total. The molecular weight excluding hydrogens is 300 g/mol. The lowest BCUT2D eigenvalue weighted by Gasteiger charge is -2.29. The van der Waals surface area contributed by atoms with Crippen LogP contribution in [0.2, 0.25) is 5.02 Å². The maximum Gasteiger partial charge on any atom is 0.356 e. The third kappa shape index (κ3) is 2.83. The first-order valence-corrected chi connectivity index (χ1v) is 7.89. The molecule has 1 N–H and O–H groups in total. The first kappa shape index (κ1) is 15.0. The molecule has 0 amide bonds. The van der Waals surface area contributed by atoms with E-state index in [0.29, 0.717) is 10.7 Å². The number of rotatable bonds is 3. The van der Waals surface area contributed by atoms with Gasteiger partial charge in [-0.3, -0.25) is 0 Å². The molecule has 1 aromatic carbocycles. The third-order valence-electron chi connectivity index (χ3n) is 4.07. The maximum absolute atomic E-state index is 12.1. The zero-order valence-electron chi connectivity index (χ0n) is 12.6. The molecule has 0 radical (unpaired) electrons. The van der Waals surface area contributed by atoms with Crippen molar-refractivity contribution in [2.75, 3.05) is 25.1 Å². The van der Waals surface area contributed by atoms with Gasteiger partial charge in [-0.25, -0.2) is 4.79 Å². The van der Waals surface area contributed by atoms with E-state index in [1.807, 2.05) is 30.5 Å². The normalized spacial score (nSPS) is 14.9. The van der Waals surface area contributed by atoms with Crippen LogP contribution in [0.25, 0.3) is 11.1 Å². The Kier molecular flexibility index (Phi) is 4.39. The number of halogens is 1. The number of nitrogens with zero attached hydrogens (tertiary/aromatic N) is 1. The molecule has 1 aliphatic heterocycles. The molecule has 1 aliphatic rings. The van der Waals surface area contributed by atoms with Crippen LogP contribution >= 0.6 is 11.6 Å². The van der Waals surface area contributed by atoms with Crippen LogP contribution in [-0.4, -0.2) is 31.2 Å². The molecular formula is C17H19ClN2O2. The predicted molar refractivity (Wildman–Crippen MR) is 88.6 cm³/mol. The van der Waals surface area contributed by atoms with Gasteiger partial charge in [-0.05, 0) is 37.0 Å². The van der Waals surface area contributed by atoms with Crippen molar-refractivity contribution >= 4 is 23.3 Å². The highest BCUT2D eigenvalue weighted by molar-refractivity contribution is 6.30. The molecule has 3 rings (SSSR count). The fourth-order valence-corrected chi connectivity index (χ4v) is 3.09. The van der Waals surface area contributed by atoms with E-state index in [1.54, 1.807) is 0 Å². The van der Waals surface area contributed by atoms with Gasteiger partial charge in [0.1, 0.15) is 5.69 Å². The van der Waals surface area contributed by atoms with Gasteiger partial charge in [0, 0.05) is 29.9 Å². The Balaban J connectivity index is 2.07. The molecule has 0 aliphatic carbocycles. The molecule has 0 atom stereocenters. The van der Waals surface area contributed by atoms with Crippen molar-refractivity contribution < 1.29 is 9.53 Å². The first-order valence-electron chi connectivity index (χ1n) is 7.51. The largest absolute Gasteiger partial charge is 0.464 e. The van der Waals surface area contributed by atoms with E-state index in [-0.39, 0.29) is 5.97 Å². The van der Waals surface area contributed by atoms with Crippen LogP contribution in [0.15, 0.2) is 30.5 Å². The molecule has 116 valence electrons. The maximum atomic E-state index is 12.1. The summed E-state index contributed by atoms with van der Waals surface area (Å²) in [5.74, 6) is -0.333. The lowest BCUT2D eigenvalue weighted by Crippen LogP contribution is -2.30. The van der Waals surface area contributed by atoms with E-state index < -0.39 is 0 Å². The molecule has 2 aromatic rings. The number of aromatic amines is 1. The van der Waals surface area contributed by atoms with Gasteiger partial charge in [-0.2, -0.15) is 0 Å². The number of piperidine rings is 1. The number of nitrogens with one attached hydrogen (secondary N) is 1. The first-order chi connectivity index (χ1) is 10.7. The van der Waals surface area contributed by atoms with Crippen molar-refractivity contribution in [1.29, 1.82) is 0 Å². The van der Waals surface area contributed by atoms with E-state index >= 15 is 0 Å². The number of esters is 1. The second-order valence-corrected chi connectivity index (χ2v) is 5.91. The van der Waals surface area contributed by atoms with Crippen LogP contribution in [-0.2, 0) is 4.74 Å². The summed E-state index contributed by atoms with van der Waals surface area (Å²) in [5.41, 5.74) is 3.51. The number of carbonyl (C=O) groups excluding carboxylic acids is 1. The zero-order chi connectivity index (χ0) is 15.5. The van der Waals surface area contributed by atoms with E-state index in [4.69, 9.17) is 16.3 Å². The molecule has 0 bridgehead atoms. The highest BCUT2D eigenvalue weighted by Gasteiger charge is 2.25. The van der Waals surface area contributed by atoms with Crippen molar-refractivity contribution in [3.05, 3.63) is 41.2 Å². The lowest BCUT2D eigenvalue weighted by atomic mass is 10.0. The Morgan fingerprint density at radius 1 is 1.18 bits per heavy atom. The summed E-state index contributed by atoms with van der Waals surface area (Å²) in [6, 6.07) is 7.67. The van der Waals surface area contributed by atoms with E-state index in [2.05, 4.69) is 9.88 Å². The summed E-state index contributed by atoms with van der Waals surface area (Å²) in [6.45, 7) is 1.92. The third-order valence-corrected chi connectivity index (χ3v) is 4.32. The highest BCUT2D eigenvalue weighted by atomic mass is 35.5. The van der Waals surface area contributed by atoms with Crippen molar-refractivity contribution in [1.82, 2.24) is 4.98 Å². The minimum Gasteiger partial charge on any atom is -0.464 e. The van der Waals surface area contributed by atoms with Crippen molar-refractivity contribution in [2.45, 2.75) is 19.3 Å². The Morgan fingerprint density at radius 2 is 1.86 bits per heavy atom. The average Bonchev–Trinajstić information content (AvgIpc) is 3.00. The van der Waals surface area contributed by atoms with Crippen LogP contribution in [0, 0.1) is 0 Å². The number of benzene rings is 1. The van der Waals surface area contributed by atoms with Gasteiger partial charge in [0.15, 0.2) is 0 Å². The summed E-state index contributed by atoms with van der Waals surface area (Å²) < 4.78 is 4.92. The van der Waals surface area contributed by atoms with Crippen LogP contribution in [0.1, 0.15) is 29.8 Å². The number of H-pyrrole nitrogens is 1. The second kappa shape index (κ2) is 6.44. The standard InChI is InChI=1S/C17H19ClN2O2/c1-22-17(21)15-16(20-9-3-2-4-10-20)14(11-19-15)12-5-7-13(18)8-6-12/h5-8,11,19H,2-4,9-10H2,1H3. The molecule has 1 saturated heterocycles. The van der Waals surface area contributed by atoms with Gasteiger partial charge in [-0.1, -0.05) is 23.7 Å². The number of anilines is 1. The fourth-order valence-electron chi connectivity index (χ4n) is 2.97. The predicted octanol–water partition coefficient (Wildman–Crippen LogP) is 4.11. The summed E-state index contributed by atoms with van der Waals surface area (Å²) in [5, 5.41) is 0.701. The number of carbonyl (C=O) groups is 1. The number of ether oxygens (including phenoxy) is 1. The van der Waals surface area contributed by atoms with Crippen LogP contribution < -0.4 is 4.90 Å². The fraction of sp³-hybridized carbons (Fsp3) is 0.353. The average molecular weight is 319 g/mol. The molecule has 1 fully saturated rings. The minimum atomic E-state index is -0.333. The van der Waals surface area contributed by atoms with Gasteiger partial charge in [-0.15, -0.1) is 0 Å². The highest BCUT2D eigenvalue weighted by Crippen LogP contribution is 2.36. The van der Waals surface area contributed by atoms with Gasteiger partial charge in [0.25, 0.3) is 0 Å². The van der Waals surface area contributed by atoms with Crippen molar-refractivity contribution in [2.24, 2.45) is 0 Å². The Morgan fingerprint density at radius 3 is 2.50 bits per heavy atom. The molecule has 2 heterocycles. The number of methoxy groups -OCH3 is 1. The van der Waals surface area contributed by atoms with Crippen LogP contribution in [0.5, 0.6) is 0 Å². The summed E-state index contributed by atoms with van der Waals surface area (Å²) in [4.78, 5) is 17.4. The smallest absolute Gasteiger partial charge is 0.356 e. The summed E-state index contributed by atoms with van der Waals surface area (Å²) in [6.07, 6.45) is 5.40. The van der Waals surface area contributed by atoms with E-state index in [0.717, 1.165) is 42.7 Å². The molecule has 0 spiro atoms. The number of hydrogen-bond donors (Lipinski definition) is 1. The summed E-state index contributed by atoms with van der Waals surface area (Å²) in [7, 11) is 1.41. The van der Waals surface area contributed by atoms with E-state index in [1.165, 1.54) is 13.5 Å². The van der Waals surface area contributed by atoms with Gasteiger partial charge in [0.05, 0.1) is 12.8 Å². The minimum absolute atomic E-state index is 0.333. The van der Waals surface area contributed by atoms with Crippen molar-refractivity contribution in [3.63, 3.8) is 0 Å². The quantitative estimate of drug-likeness (QED) is 0.866. The number of aromatic nitrogens is 1. The molecule has 22 heavy (non-hydrogen) atoms. The zero-order valence-corrected chi connectivity index (χ0v) is 13.3. The monoisotopic (exact) mass is 318 g/mol. The van der Waals surface area contributed by atoms with Crippen molar-refractivity contribution in [3.8, 4) is 11.1 Å². The van der Waals surface area contributed by atoms with Gasteiger partial charge < -0.3 is 14.6 Å². The van der Waals surface area contributed by atoms with Crippen LogP contribution in [0.4, 0.5) is 5.69 Å². The SMILES string of the molecule is COC(=O)c1[nH]cc(-c2ccc(Cl)cc2)c1N1CCCCC1. The van der Waals surface area contributed by atoms with Crippen LogP contribution in [0.3, 0.4) is 0 Å². The second-order valence-electron chi connectivity index (χ2n) is 5.47. The Labute approximate surface area is 135 Å². The molecule has 1 aromatic heterocycles.